The number of alkyl halides is 3. The predicted octanol–water partition coefficient (Wildman–Crippen LogP) is 5.66. The first-order chi connectivity index (χ1) is 18.8. The van der Waals surface area contributed by atoms with Gasteiger partial charge in [-0.25, -0.2) is 9.97 Å². The molecule has 0 atom stereocenters. The number of carboxylic acid groups (broad SMARTS) is 1. The molecule has 1 N–H and O–H groups in total. The quantitative estimate of drug-likeness (QED) is 0.284. The van der Waals surface area contributed by atoms with Gasteiger partial charge in [-0.2, -0.15) is 13.2 Å². The molecule has 12 heteroatoms. The molecule has 0 aliphatic heterocycles. The second-order valence-electron chi connectivity index (χ2n) is 10.1. The van der Waals surface area contributed by atoms with Crippen molar-refractivity contribution in [3.8, 4) is 17.2 Å². The number of carbonyl (C=O) groups excluding carboxylic acids is 1. The Balaban J connectivity index is 1.50. The summed E-state index contributed by atoms with van der Waals surface area (Å²) < 4.78 is 50.0. The minimum atomic E-state index is -4.43. The average Bonchev–Trinajstić information content (AvgIpc) is 3.27. The van der Waals surface area contributed by atoms with Crippen LogP contribution in [0.5, 0.6) is 17.2 Å². The monoisotopic (exact) mass is 556 g/mol. The number of amides is 1. The average molecular weight is 557 g/mol. The summed E-state index contributed by atoms with van der Waals surface area (Å²) in [6, 6.07) is 13.2. The number of aryl methyl sites for hydroxylation is 1. The number of aromatic nitrogens is 3. The van der Waals surface area contributed by atoms with Crippen LogP contribution in [-0.2, 0) is 6.54 Å². The van der Waals surface area contributed by atoms with Crippen LogP contribution in [0.3, 0.4) is 0 Å². The molecule has 0 aliphatic carbocycles. The smallest absolute Gasteiger partial charge is 0.422 e. The fraction of sp³-hybridized carbons (Fsp3) is 0.321. The van der Waals surface area contributed by atoms with Crippen LogP contribution in [0, 0.1) is 6.92 Å². The van der Waals surface area contributed by atoms with E-state index in [0.29, 0.717) is 40.6 Å². The number of nitrogens with one attached hydrogen (secondary N) is 1. The predicted molar refractivity (Wildman–Crippen MR) is 142 cm³/mol. The second kappa shape index (κ2) is 11.3. The number of ether oxygens (including phenoxy) is 2. The van der Waals surface area contributed by atoms with Crippen molar-refractivity contribution in [2.24, 2.45) is 0 Å². The number of halogens is 3. The van der Waals surface area contributed by atoms with E-state index in [9.17, 15) is 23.1 Å². The maximum absolute atomic E-state index is 12.5. The van der Waals surface area contributed by atoms with Gasteiger partial charge in [0.1, 0.15) is 35.2 Å². The molecular weight excluding hydrogens is 527 g/mol. The lowest BCUT2D eigenvalue weighted by molar-refractivity contribution is -0.270. The Labute approximate surface area is 229 Å². The van der Waals surface area contributed by atoms with Gasteiger partial charge in [0.15, 0.2) is 12.4 Å². The number of hydrogen-bond donors (Lipinski definition) is 1. The molecule has 2 aromatic carbocycles. The fourth-order valence-corrected chi connectivity index (χ4v) is 4.12. The van der Waals surface area contributed by atoms with Crippen LogP contribution in [0.2, 0.25) is 0 Å². The highest BCUT2D eigenvalue weighted by molar-refractivity contribution is 5.88. The third-order valence-corrected chi connectivity index (χ3v) is 6.02. The topological polar surface area (TPSA) is 105 Å². The molecule has 4 rings (SSSR count). The Morgan fingerprint density at radius 2 is 1.82 bits per heavy atom. The molecular formula is C28H29F3N5O4-. The summed E-state index contributed by atoms with van der Waals surface area (Å²) in [4.78, 5) is 21.6. The van der Waals surface area contributed by atoms with E-state index in [1.165, 1.54) is 23.4 Å². The Morgan fingerprint density at radius 3 is 2.50 bits per heavy atom. The van der Waals surface area contributed by atoms with Crippen LogP contribution >= 0.6 is 0 Å². The van der Waals surface area contributed by atoms with Gasteiger partial charge >= 0.3 is 6.18 Å². The molecule has 0 fully saturated rings. The Morgan fingerprint density at radius 1 is 1.07 bits per heavy atom. The molecule has 0 radical (unpaired) electrons. The normalized spacial score (nSPS) is 11.9. The summed E-state index contributed by atoms with van der Waals surface area (Å²) in [5, 5.41) is 14.9. The summed E-state index contributed by atoms with van der Waals surface area (Å²) in [5.41, 5.74) is 2.27. The van der Waals surface area contributed by atoms with Gasteiger partial charge in [-0.3, -0.25) is 0 Å². The highest BCUT2D eigenvalue weighted by Gasteiger charge is 2.28. The van der Waals surface area contributed by atoms with Gasteiger partial charge in [0, 0.05) is 36.6 Å². The second-order valence-corrected chi connectivity index (χ2v) is 10.1. The van der Waals surface area contributed by atoms with Gasteiger partial charge in [0.2, 0.25) is 0 Å². The molecule has 0 saturated heterocycles. The molecule has 0 spiro atoms. The number of nitrogens with zero attached hydrogens (tertiary/aromatic N) is 4. The first kappa shape index (κ1) is 28.5. The van der Waals surface area contributed by atoms with Crippen LogP contribution in [0.25, 0.3) is 11.0 Å². The Hall–Kier alpha value is -4.48. The molecule has 0 saturated carbocycles. The number of fused-ring (bicyclic) bond motifs is 1. The van der Waals surface area contributed by atoms with Crippen molar-refractivity contribution in [3.05, 3.63) is 66.6 Å². The number of anilines is 2. The molecule has 4 aromatic rings. The lowest BCUT2D eigenvalue weighted by Crippen LogP contribution is -2.52. The SMILES string of the molecule is Cc1cc(Nc2ncnc3ccn(CCN(C(=O)[O-])C(C)(C)C)c23)ccc1Oc1cccc(OCC(F)(F)F)c1. The van der Waals surface area contributed by atoms with E-state index in [4.69, 9.17) is 9.47 Å². The molecule has 0 bridgehead atoms. The van der Waals surface area contributed by atoms with Gasteiger partial charge in [0.25, 0.3) is 0 Å². The van der Waals surface area contributed by atoms with Crippen molar-refractivity contribution in [1.29, 1.82) is 0 Å². The third kappa shape index (κ3) is 7.13. The van der Waals surface area contributed by atoms with Crippen molar-refractivity contribution in [2.75, 3.05) is 18.5 Å². The number of benzene rings is 2. The zero-order valence-corrected chi connectivity index (χ0v) is 22.5. The van der Waals surface area contributed by atoms with Crippen molar-refractivity contribution in [1.82, 2.24) is 19.4 Å². The molecule has 2 aromatic heterocycles. The highest BCUT2D eigenvalue weighted by atomic mass is 19.4. The van der Waals surface area contributed by atoms with Gasteiger partial charge in [-0.05, 0) is 69.7 Å². The first-order valence-electron chi connectivity index (χ1n) is 12.4. The molecule has 40 heavy (non-hydrogen) atoms. The summed E-state index contributed by atoms with van der Waals surface area (Å²) in [6.45, 7) is 6.46. The van der Waals surface area contributed by atoms with Crippen molar-refractivity contribution >= 4 is 28.6 Å². The number of rotatable bonds is 9. The van der Waals surface area contributed by atoms with E-state index in [-0.39, 0.29) is 12.3 Å². The standard InChI is InChI=1S/C28H30F3N5O4/c1-18-14-19(8-9-23(18)40-21-7-5-6-20(15-21)39-16-28(29,30)31)34-25-24-22(32-17-33-25)10-11-35(24)12-13-36(26(37)38)27(2,3)4/h5-11,14-15,17H,12-13,16H2,1-4H3,(H,37,38)(H,32,33,34)/p-1. The van der Waals surface area contributed by atoms with Gasteiger partial charge in [0.05, 0.1) is 5.52 Å². The van der Waals surface area contributed by atoms with Crippen LogP contribution in [0.15, 0.2) is 61.1 Å². The number of hydrogen-bond acceptors (Lipinski definition) is 7. The fourth-order valence-electron chi connectivity index (χ4n) is 4.12. The third-order valence-electron chi connectivity index (χ3n) is 6.02. The van der Waals surface area contributed by atoms with Crippen molar-refractivity contribution < 1.29 is 32.5 Å². The van der Waals surface area contributed by atoms with E-state index in [2.05, 4.69) is 15.3 Å². The van der Waals surface area contributed by atoms with E-state index in [1.54, 1.807) is 45.0 Å². The summed E-state index contributed by atoms with van der Waals surface area (Å²) >= 11 is 0. The summed E-state index contributed by atoms with van der Waals surface area (Å²) in [5.74, 6) is 1.43. The minimum Gasteiger partial charge on any atom is -0.530 e. The van der Waals surface area contributed by atoms with Crippen LogP contribution < -0.4 is 19.9 Å². The summed E-state index contributed by atoms with van der Waals surface area (Å²) in [6.07, 6.45) is -2.40. The van der Waals surface area contributed by atoms with Crippen molar-refractivity contribution in [2.45, 2.75) is 46.0 Å². The van der Waals surface area contributed by atoms with Gasteiger partial charge in [-0.15, -0.1) is 0 Å². The minimum absolute atomic E-state index is 0.0479. The Kier molecular flexibility index (Phi) is 8.08. The van der Waals surface area contributed by atoms with Crippen molar-refractivity contribution in [3.63, 3.8) is 0 Å². The maximum atomic E-state index is 12.5. The first-order valence-corrected chi connectivity index (χ1v) is 12.4. The van der Waals surface area contributed by atoms with Crippen LogP contribution in [0.1, 0.15) is 26.3 Å². The lowest BCUT2D eigenvalue weighted by atomic mass is 10.1. The van der Waals surface area contributed by atoms with Crippen LogP contribution in [-0.4, -0.2) is 50.4 Å². The molecule has 1 amide bonds. The largest absolute Gasteiger partial charge is 0.530 e. The zero-order valence-electron chi connectivity index (χ0n) is 22.5. The van der Waals surface area contributed by atoms with Gasteiger partial charge < -0.3 is 34.2 Å². The maximum Gasteiger partial charge on any atom is 0.422 e. The molecule has 0 aliphatic rings. The van der Waals surface area contributed by atoms with E-state index < -0.39 is 24.4 Å². The molecule has 2 heterocycles. The highest BCUT2D eigenvalue weighted by Crippen LogP contribution is 2.32. The Bertz CT molecular complexity index is 1500. The lowest BCUT2D eigenvalue weighted by Gasteiger charge is -2.38. The van der Waals surface area contributed by atoms with Crippen LogP contribution in [0.4, 0.5) is 29.5 Å². The van der Waals surface area contributed by atoms with Gasteiger partial charge in [-0.1, -0.05) is 6.07 Å². The zero-order chi connectivity index (χ0) is 29.1. The number of carbonyl (C=O) groups is 1. The van der Waals surface area contributed by atoms with E-state index in [0.717, 1.165) is 5.56 Å². The van der Waals surface area contributed by atoms with E-state index >= 15 is 0 Å². The molecule has 0 unspecified atom stereocenters. The van der Waals surface area contributed by atoms with E-state index in [1.807, 2.05) is 29.8 Å². The molecule has 9 nitrogen and oxygen atoms in total. The summed E-state index contributed by atoms with van der Waals surface area (Å²) in [7, 11) is 0. The molecule has 212 valence electrons.